The standard InChI is InChI=1S/C19H25N3O3S/c1-13(17(23)20-15-7-5-3-4-6-8-15)26-19-22-21-18(25-19)14-9-11-16(24-2)12-10-14/h9-13,15H,3-8H2,1-2H3,(H,20,23)/t13-/m1/s1. The zero-order valence-electron chi connectivity index (χ0n) is 15.2. The second-order valence-electron chi connectivity index (χ2n) is 6.56. The van der Waals surface area contributed by atoms with Crippen molar-refractivity contribution in [2.24, 2.45) is 0 Å². The number of thioether (sulfide) groups is 1. The SMILES string of the molecule is COc1ccc(-c2nnc(S[C@H](C)C(=O)NC3CCCCCC3)o2)cc1. The maximum atomic E-state index is 12.4. The Hall–Kier alpha value is -2.02. The Labute approximate surface area is 158 Å². The third kappa shape index (κ3) is 5.00. The number of amides is 1. The first-order valence-corrected chi connectivity index (χ1v) is 9.98. The van der Waals surface area contributed by atoms with Crippen LogP contribution < -0.4 is 10.1 Å². The van der Waals surface area contributed by atoms with Gasteiger partial charge >= 0.3 is 0 Å². The monoisotopic (exact) mass is 375 g/mol. The topological polar surface area (TPSA) is 77.2 Å². The highest BCUT2D eigenvalue weighted by Crippen LogP contribution is 2.27. The number of hydrogen-bond donors (Lipinski definition) is 1. The molecule has 1 amide bonds. The number of hydrogen-bond acceptors (Lipinski definition) is 6. The fourth-order valence-corrected chi connectivity index (χ4v) is 3.75. The molecule has 0 radical (unpaired) electrons. The van der Waals surface area contributed by atoms with Gasteiger partial charge in [0.1, 0.15) is 5.75 Å². The van der Waals surface area contributed by atoms with E-state index in [9.17, 15) is 4.79 Å². The number of nitrogens with one attached hydrogen (secondary N) is 1. The van der Waals surface area contributed by atoms with E-state index >= 15 is 0 Å². The molecule has 0 spiro atoms. The van der Waals surface area contributed by atoms with Crippen molar-refractivity contribution in [2.45, 2.75) is 62.0 Å². The Bertz CT molecular complexity index is 709. The van der Waals surface area contributed by atoms with E-state index in [1.165, 1.54) is 37.4 Å². The summed E-state index contributed by atoms with van der Waals surface area (Å²) < 4.78 is 10.8. The summed E-state index contributed by atoms with van der Waals surface area (Å²) in [4.78, 5) is 12.4. The van der Waals surface area contributed by atoms with Crippen LogP contribution >= 0.6 is 11.8 Å². The van der Waals surface area contributed by atoms with Gasteiger partial charge in [-0.2, -0.15) is 0 Å². The molecule has 1 atom stereocenters. The molecule has 1 saturated carbocycles. The van der Waals surface area contributed by atoms with E-state index < -0.39 is 0 Å². The molecular weight excluding hydrogens is 350 g/mol. The van der Waals surface area contributed by atoms with Crippen molar-refractivity contribution in [3.63, 3.8) is 0 Å². The largest absolute Gasteiger partial charge is 0.497 e. The molecule has 26 heavy (non-hydrogen) atoms. The van der Waals surface area contributed by atoms with Gasteiger partial charge in [0.05, 0.1) is 12.4 Å². The minimum Gasteiger partial charge on any atom is -0.497 e. The summed E-state index contributed by atoms with van der Waals surface area (Å²) in [6.07, 6.45) is 7.08. The van der Waals surface area contributed by atoms with Crippen molar-refractivity contribution >= 4 is 17.7 Å². The number of carbonyl (C=O) groups is 1. The number of rotatable bonds is 6. The summed E-state index contributed by atoms with van der Waals surface area (Å²) in [6.45, 7) is 1.87. The van der Waals surface area contributed by atoms with Gasteiger partial charge in [-0.25, -0.2) is 0 Å². The molecule has 1 fully saturated rings. The van der Waals surface area contributed by atoms with Crippen LogP contribution in [0, 0.1) is 0 Å². The molecule has 1 N–H and O–H groups in total. The maximum Gasteiger partial charge on any atom is 0.277 e. The lowest BCUT2D eigenvalue weighted by molar-refractivity contribution is -0.121. The van der Waals surface area contributed by atoms with Crippen LogP contribution in [0.3, 0.4) is 0 Å². The van der Waals surface area contributed by atoms with Gasteiger partial charge in [-0.05, 0) is 44.0 Å². The van der Waals surface area contributed by atoms with Crippen molar-refractivity contribution in [1.29, 1.82) is 0 Å². The Balaban J connectivity index is 1.56. The molecule has 140 valence electrons. The predicted molar refractivity (Wildman–Crippen MR) is 101 cm³/mol. The lowest BCUT2D eigenvalue weighted by atomic mass is 10.1. The molecule has 1 aliphatic carbocycles. The molecule has 0 aliphatic heterocycles. The first-order chi connectivity index (χ1) is 12.7. The molecule has 1 aliphatic rings. The van der Waals surface area contributed by atoms with Gasteiger partial charge in [-0.1, -0.05) is 37.4 Å². The van der Waals surface area contributed by atoms with E-state index in [-0.39, 0.29) is 11.2 Å². The van der Waals surface area contributed by atoms with Gasteiger partial charge in [0, 0.05) is 11.6 Å². The van der Waals surface area contributed by atoms with Crippen molar-refractivity contribution in [1.82, 2.24) is 15.5 Å². The molecule has 0 unspecified atom stereocenters. The zero-order valence-corrected chi connectivity index (χ0v) is 16.1. The van der Waals surface area contributed by atoms with Gasteiger partial charge < -0.3 is 14.5 Å². The molecule has 3 rings (SSSR count). The van der Waals surface area contributed by atoms with E-state index in [0.717, 1.165) is 24.2 Å². The van der Waals surface area contributed by atoms with Gasteiger partial charge in [-0.15, -0.1) is 10.2 Å². The molecule has 0 saturated heterocycles. The van der Waals surface area contributed by atoms with Crippen molar-refractivity contribution in [3.8, 4) is 17.2 Å². The number of aromatic nitrogens is 2. The molecule has 1 aromatic carbocycles. The molecule has 7 heteroatoms. The number of nitrogens with zero attached hydrogens (tertiary/aromatic N) is 2. The molecular formula is C19H25N3O3S. The van der Waals surface area contributed by atoms with Gasteiger partial charge in [-0.3, -0.25) is 4.79 Å². The first kappa shape index (κ1) is 18.8. The van der Waals surface area contributed by atoms with Crippen LogP contribution in [-0.4, -0.2) is 34.5 Å². The highest BCUT2D eigenvalue weighted by molar-refractivity contribution is 8.00. The third-order valence-corrected chi connectivity index (χ3v) is 5.53. The molecule has 1 aromatic heterocycles. The summed E-state index contributed by atoms with van der Waals surface area (Å²) in [7, 11) is 1.62. The van der Waals surface area contributed by atoms with Crippen LogP contribution in [0.4, 0.5) is 0 Å². The number of benzene rings is 1. The van der Waals surface area contributed by atoms with Crippen molar-refractivity contribution < 1.29 is 13.9 Å². The minimum atomic E-state index is -0.276. The number of carbonyl (C=O) groups excluding carboxylic acids is 1. The lowest BCUT2D eigenvalue weighted by Crippen LogP contribution is -2.39. The second-order valence-corrected chi connectivity index (χ2v) is 7.85. The average Bonchev–Trinajstić information content (AvgIpc) is 2.97. The maximum absolute atomic E-state index is 12.4. The second kappa shape index (κ2) is 9.07. The highest BCUT2D eigenvalue weighted by Gasteiger charge is 2.22. The number of methoxy groups -OCH3 is 1. The normalized spacial score (nSPS) is 16.7. The average molecular weight is 375 g/mol. The summed E-state index contributed by atoms with van der Waals surface area (Å²) in [5, 5.41) is 11.4. The quantitative estimate of drug-likeness (QED) is 0.606. The summed E-state index contributed by atoms with van der Waals surface area (Å²) in [5.41, 5.74) is 0.820. The van der Waals surface area contributed by atoms with Gasteiger partial charge in [0.15, 0.2) is 0 Å². The molecule has 0 bridgehead atoms. The Kier molecular flexibility index (Phi) is 6.55. The van der Waals surface area contributed by atoms with Crippen molar-refractivity contribution in [2.75, 3.05) is 7.11 Å². The Morgan fingerprint density at radius 3 is 2.54 bits per heavy atom. The van der Waals surface area contributed by atoms with Gasteiger partial charge in [0.25, 0.3) is 5.22 Å². The van der Waals surface area contributed by atoms with Crippen LogP contribution in [0.15, 0.2) is 33.9 Å². The van der Waals surface area contributed by atoms with E-state index in [1.807, 2.05) is 31.2 Å². The van der Waals surface area contributed by atoms with E-state index in [2.05, 4.69) is 15.5 Å². The Morgan fingerprint density at radius 1 is 1.19 bits per heavy atom. The fourth-order valence-electron chi connectivity index (χ4n) is 3.05. The molecule has 6 nitrogen and oxygen atoms in total. The van der Waals surface area contributed by atoms with E-state index in [0.29, 0.717) is 17.2 Å². The summed E-state index contributed by atoms with van der Waals surface area (Å²) >= 11 is 1.29. The van der Waals surface area contributed by atoms with E-state index in [1.54, 1.807) is 7.11 Å². The van der Waals surface area contributed by atoms with E-state index in [4.69, 9.17) is 9.15 Å². The van der Waals surface area contributed by atoms with Crippen LogP contribution in [0.1, 0.15) is 45.4 Å². The van der Waals surface area contributed by atoms with Gasteiger partial charge in [0.2, 0.25) is 11.8 Å². The van der Waals surface area contributed by atoms with Crippen LogP contribution in [-0.2, 0) is 4.79 Å². The molecule has 1 heterocycles. The Morgan fingerprint density at radius 2 is 1.88 bits per heavy atom. The van der Waals surface area contributed by atoms with Crippen LogP contribution in [0.25, 0.3) is 11.5 Å². The van der Waals surface area contributed by atoms with Crippen LogP contribution in [0.2, 0.25) is 0 Å². The fraction of sp³-hybridized carbons (Fsp3) is 0.526. The zero-order chi connectivity index (χ0) is 18.4. The smallest absolute Gasteiger partial charge is 0.277 e. The number of ether oxygens (including phenoxy) is 1. The first-order valence-electron chi connectivity index (χ1n) is 9.10. The third-order valence-electron chi connectivity index (χ3n) is 4.59. The van der Waals surface area contributed by atoms with Crippen LogP contribution in [0.5, 0.6) is 5.75 Å². The lowest BCUT2D eigenvalue weighted by Gasteiger charge is -2.18. The highest BCUT2D eigenvalue weighted by atomic mass is 32.2. The minimum absolute atomic E-state index is 0.0334. The summed E-state index contributed by atoms with van der Waals surface area (Å²) in [5.74, 6) is 1.24. The molecule has 2 aromatic rings. The summed E-state index contributed by atoms with van der Waals surface area (Å²) in [6, 6.07) is 7.71. The van der Waals surface area contributed by atoms with Crippen molar-refractivity contribution in [3.05, 3.63) is 24.3 Å². The predicted octanol–water partition coefficient (Wildman–Crippen LogP) is 4.06.